The molecule has 1 spiro atoms. The fraction of sp³-hybridized carbons (Fsp3) is 0.0286. The third-order valence-corrected chi connectivity index (χ3v) is 8.46. The van der Waals surface area contributed by atoms with E-state index in [2.05, 4.69) is 119 Å². The van der Waals surface area contributed by atoms with Crippen LogP contribution in [-0.4, -0.2) is 14.5 Å². The van der Waals surface area contributed by atoms with Crippen LogP contribution in [0.5, 0.6) is 0 Å². The minimum Gasteiger partial charge on any atom is -0.351 e. The molecule has 0 atom stereocenters. The largest absolute Gasteiger partial charge is 0.351 e. The van der Waals surface area contributed by atoms with Crippen molar-refractivity contribution in [2.24, 2.45) is 0 Å². The van der Waals surface area contributed by atoms with Gasteiger partial charge in [0.1, 0.15) is 0 Å². The first kappa shape index (κ1) is 22.6. The van der Waals surface area contributed by atoms with Gasteiger partial charge in [0.15, 0.2) is 0 Å². The van der Waals surface area contributed by atoms with Crippen molar-refractivity contribution in [3.8, 4) is 28.1 Å². The van der Waals surface area contributed by atoms with Crippen LogP contribution in [0, 0.1) is 6.07 Å². The van der Waals surface area contributed by atoms with Gasteiger partial charge in [-0.2, -0.15) is 0 Å². The van der Waals surface area contributed by atoms with Gasteiger partial charge in [-0.25, -0.2) is 0 Å². The standard InChI is InChI=1S/C35H20N3.Ir/c1-4-11-28-23(8-1)24-9-2-5-12-29(24)35(28)30-13-7-18-37-34(30)26-16-15-22(20-31(26)35)38-32-14-6-3-10-25(32)27-21-36-19-17-33(27)38;/h1-15,17-21H;/q-1;. The van der Waals surface area contributed by atoms with Gasteiger partial charge in [-0.1, -0.05) is 78.4 Å². The van der Waals surface area contributed by atoms with Gasteiger partial charge in [0, 0.05) is 65.9 Å². The van der Waals surface area contributed by atoms with Crippen LogP contribution in [0.1, 0.15) is 22.3 Å². The minimum absolute atomic E-state index is 0. The molecule has 0 unspecified atom stereocenters. The Kier molecular flexibility index (Phi) is 4.67. The van der Waals surface area contributed by atoms with Crippen LogP contribution in [0.4, 0.5) is 0 Å². The topological polar surface area (TPSA) is 30.7 Å². The van der Waals surface area contributed by atoms with E-state index in [9.17, 15) is 0 Å². The van der Waals surface area contributed by atoms with Crippen LogP contribution in [0.3, 0.4) is 0 Å². The summed E-state index contributed by atoms with van der Waals surface area (Å²) in [6.07, 6.45) is 5.74. The van der Waals surface area contributed by atoms with E-state index in [0.29, 0.717) is 0 Å². The molecule has 3 aromatic heterocycles. The van der Waals surface area contributed by atoms with Crippen LogP contribution in [-0.2, 0) is 25.5 Å². The molecular weight excluding hydrogens is 655 g/mol. The molecule has 7 aromatic rings. The number of benzene rings is 4. The van der Waals surface area contributed by atoms with Crippen molar-refractivity contribution in [3.05, 3.63) is 150 Å². The number of para-hydroxylation sites is 1. The molecule has 9 rings (SSSR count). The normalized spacial score (nSPS) is 13.6. The second-order valence-corrected chi connectivity index (χ2v) is 10.1. The maximum absolute atomic E-state index is 4.91. The molecule has 0 bridgehead atoms. The van der Waals surface area contributed by atoms with E-state index in [1.54, 1.807) is 0 Å². The molecule has 0 saturated carbocycles. The molecule has 1 radical (unpaired) electrons. The fourth-order valence-electron chi connectivity index (χ4n) is 7.07. The summed E-state index contributed by atoms with van der Waals surface area (Å²) in [6, 6.07) is 40.9. The van der Waals surface area contributed by atoms with E-state index in [-0.39, 0.29) is 20.1 Å². The summed E-state index contributed by atoms with van der Waals surface area (Å²) in [5.74, 6) is 0. The summed E-state index contributed by atoms with van der Waals surface area (Å²) in [7, 11) is 0. The Balaban J connectivity index is 0.00000235. The first-order chi connectivity index (χ1) is 18.9. The van der Waals surface area contributed by atoms with E-state index in [0.717, 1.165) is 27.8 Å². The molecule has 0 amide bonds. The summed E-state index contributed by atoms with van der Waals surface area (Å²) in [5.41, 5.74) is 12.7. The number of fused-ring (bicyclic) bond motifs is 13. The Morgan fingerprint density at radius 3 is 2.15 bits per heavy atom. The van der Waals surface area contributed by atoms with Gasteiger partial charge in [0.05, 0.1) is 0 Å². The molecule has 3 nitrogen and oxygen atoms in total. The summed E-state index contributed by atoms with van der Waals surface area (Å²) in [4.78, 5) is 9.34. The van der Waals surface area contributed by atoms with Crippen molar-refractivity contribution in [1.29, 1.82) is 0 Å². The zero-order valence-corrected chi connectivity index (χ0v) is 23.1. The van der Waals surface area contributed by atoms with Gasteiger partial charge in [0.2, 0.25) is 0 Å². The molecule has 0 aliphatic heterocycles. The number of pyridine rings is 2. The van der Waals surface area contributed by atoms with E-state index in [1.807, 2.05) is 18.6 Å². The van der Waals surface area contributed by atoms with Gasteiger partial charge in [0.25, 0.3) is 0 Å². The number of nitrogens with zero attached hydrogens (tertiary/aromatic N) is 3. The van der Waals surface area contributed by atoms with Gasteiger partial charge in [-0.15, -0.1) is 29.3 Å². The van der Waals surface area contributed by atoms with E-state index in [1.165, 1.54) is 44.3 Å². The second-order valence-electron chi connectivity index (χ2n) is 10.1. The molecule has 2 aliphatic rings. The molecule has 0 N–H and O–H groups in total. The molecule has 2 aliphatic carbocycles. The predicted octanol–water partition coefficient (Wildman–Crippen LogP) is 7.71. The fourth-order valence-corrected chi connectivity index (χ4v) is 7.07. The molecule has 4 heteroatoms. The molecule has 0 fully saturated rings. The van der Waals surface area contributed by atoms with Gasteiger partial charge in [-0.3, -0.25) is 4.98 Å². The van der Waals surface area contributed by atoms with Crippen molar-refractivity contribution < 1.29 is 20.1 Å². The van der Waals surface area contributed by atoms with Crippen molar-refractivity contribution in [3.63, 3.8) is 0 Å². The van der Waals surface area contributed by atoms with Crippen LogP contribution in [0.15, 0.2) is 122 Å². The van der Waals surface area contributed by atoms with E-state index >= 15 is 0 Å². The average molecular weight is 675 g/mol. The molecular formula is C35H20IrN3-. The number of aromatic nitrogens is 3. The van der Waals surface area contributed by atoms with Gasteiger partial charge in [-0.05, 0) is 51.8 Å². The van der Waals surface area contributed by atoms with Gasteiger partial charge < -0.3 is 9.55 Å². The first-order valence-electron chi connectivity index (χ1n) is 12.9. The summed E-state index contributed by atoms with van der Waals surface area (Å²) < 4.78 is 2.35. The Morgan fingerprint density at radius 2 is 1.33 bits per heavy atom. The molecule has 4 aromatic carbocycles. The predicted molar refractivity (Wildman–Crippen MR) is 152 cm³/mol. The SMILES string of the molecule is [Ir].[c-]1cc(-n2c3ccccc3c3cnccc32)cc2c1-c1ncccc1C21c2ccccc2-c2ccccc21. The molecule has 3 heterocycles. The third kappa shape index (κ3) is 2.70. The zero-order valence-electron chi connectivity index (χ0n) is 20.7. The third-order valence-electron chi connectivity index (χ3n) is 8.46. The zero-order chi connectivity index (χ0) is 24.8. The average Bonchev–Trinajstić information content (AvgIpc) is 3.59. The van der Waals surface area contributed by atoms with Crippen LogP contribution >= 0.6 is 0 Å². The summed E-state index contributed by atoms with van der Waals surface area (Å²) in [5, 5.41) is 2.35. The maximum Gasteiger partial charge on any atom is 0.0483 e. The number of rotatable bonds is 1. The Labute approximate surface area is 239 Å². The smallest absolute Gasteiger partial charge is 0.0483 e. The Hall–Kier alpha value is -4.37. The van der Waals surface area contributed by atoms with Gasteiger partial charge >= 0.3 is 0 Å². The molecule has 185 valence electrons. The van der Waals surface area contributed by atoms with Crippen molar-refractivity contribution in [2.45, 2.75) is 5.41 Å². The minimum atomic E-state index is -0.432. The Morgan fingerprint density at radius 1 is 0.641 bits per heavy atom. The quantitative estimate of drug-likeness (QED) is 0.167. The van der Waals surface area contributed by atoms with Crippen LogP contribution < -0.4 is 0 Å². The monoisotopic (exact) mass is 675 g/mol. The number of hydrogen-bond donors (Lipinski definition) is 0. The Bertz CT molecular complexity index is 1990. The van der Waals surface area contributed by atoms with Crippen LogP contribution in [0.2, 0.25) is 0 Å². The summed E-state index contributed by atoms with van der Waals surface area (Å²) >= 11 is 0. The number of hydrogen-bond acceptors (Lipinski definition) is 2. The first-order valence-corrected chi connectivity index (χ1v) is 12.9. The second kappa shape index (κ2) is 8.06. The van der Waals surface area contributed by atoms with Crippen molar-refractivity contribution >= 4 is 21.8 Å². The van der Waals surface area contributed by atoms with Crippen molar-refractivity contribution in [1.82, 2.24) is 14.5 Å². The van der Waals surface area contributed by atoms with E-state index in [4.69, 9.17) is 4.98 Å². The van der Waals surface area contributed by atoms with E-state index < -0.39 is 5.41 Å². The molecule has 0 saturated heterocycles. The van der Waals surface area contributed by atoms with Crippen LogP contribution in [0.25, 0.3) is 49.9 Å². The summed E-state index contributed by atoms with van der Waals surface area (Å²) in [6.45, 7) is 0. The van der Waals surface area contributed by atoms with Crippen molar-refractivity contribution in [2.75, 3.05) is 0 Å². The molecule has 39 heavy (non-hydrogen) atoms. The maximum atomic E-state index is 4.91.